The summed E-state index contributed by atoms with van der Waals surface area (Å²) in [6.07, 6.45) is 6.16. The molecule has 0 amide bonds. The molecular formula is C15H23NO2Si. The van der Waals surface area contributed by atoms with Crippen LogP contribution in [0.3, 0.4) is 0 Å². The van der Waals surface area contributed by atoms with Gasteiger partial charge in [0, 0.05) is 0 Å². The molecule has 1 aromatic carbocycles. The molecule has 0 radical (unpaired) electrons. The highest BCUT2D eigenvalue weighted by molar-refractivity contribution is 6.90. The van der Waals surface area contributed by atoms with Gasteiger partial charge in [0.05, 0.1) is 0 Å². The van der Waals surface area contributed by atoms with Crippen molar-refractivity contribution in [1.29, 1.82) is 0 Å². The van der Waals surface area contributed by atoms with Gasteiger partial charge in [0.15, 0.2) is 5.34 Å². The summed E-state index contributed by atoms with van der Waals surface area (Å²) in [5.74, 6) is 0.494. The molecule has 4 heteroatoms. The second-order valence-corrected chi connectivity index (χ2v) is 10.7. The molecule has 1 aromatic rings. The summed E-state index contributed by atoms with van der Waals surface area (Å²) < 4.78 is 0. The van der Waals surface area contributed by atoms with Gasteiger partial charge in [-0.25, -0.2) is 0 Å². The monoisotopic (exact) mass is 277 g/mol. The Kier molecular flexibility index (Phi) is 4.74. The van der Waals surface area contributed by atoms with E-state index in [4.69, 9.17) is 4.84 Å². The molecule has 0 saturated heterocycles. The van der Waals surface area contributed by atoms with Crippen molar-refractivity contribution in [1.82, 2.24) is 0 Å². The third kappa shape index (κ3) is 3.24. The van der Waals surface area contributed by atoms with E-state index in [-0.39, 0.29) is 5.73 Å². The first-order chi connectivity index (χ1) is 9.16. The first-order valence-electron chi connectivity index (χ1n) is 7.20. The van der Waals surface area contributed by atoms with Crippen molar-refractivity contribution in [3.8, 4) is 0 Å². The fourth-order valence-corrected chi connectivity index (χ4v) is 6.52. The van der Waals surface area contributed by atoms with Gasteiger partial charge in [-0.2, -0.15) is 0 Å². The van der Waals surface area contributed by atoms with Crippen LogP contribution in [-0.2, 0) is 4.84 Å². The number of rotatable bonds is 5. The Hall–Kier alpha value is -1.16. The van der Waals surface area contributed by atoms with Crippen LogP contribution in [0.15, 0.2) is 35.7 Å². The van der Waals surface area contributed by atoms with Gasteiger partial charge in [-0.3, -0.25) is 0 Å². The zero-order valence-electron chi connectivity index (χ0n) is 11.8. The van der Waals surface area contributed by atoms with E-state index in [0.29, 0.717) is 5.92 Å². The predicted molar refractivity (Wildman–Crippen MR) is 80.8 cm³/mol. The molecule has 1 aliphatic rings. The van der Waals surface area contributed by atoms with Crippen molar-refractivity contribution in [2.24, 2.45) is 11.3 Å². The van der Waals surface area contributed by atoms with Crippen LogP contribution in [0.1, 0.15) is 32.1 Å². The summed E-state index contributed by atoms with van der Waals surface area (Å²) in [6.45, 7) is 4.57. The molecule has 0 bridgehead atoms. The molecule has 0 N–H and O–H groups in total. The number of hydrogen-bond donors (Lipinski definition) is 0. The van der Waals surface area contributed by atoms with Crippen LogP contribution >= 0.6 is 0 Å². The van der Waals surface area contributed by atoms with E-state index in [9.17, 15) is 4.91 Å². The van der Waals surface area contributed by atoms with Crippen LogP contribution in [0.25, 0.3) is 0 Å². The molecule has 1 saturated carbocycles. The van der Waals surface area contributed by atoms with E-state index >= 15 is 0 Å². The molecule has 3 nitrogen and oxygen atoms in total. The van der Waals surface area contributed by atoms with Crippen molar-refractivity contribution < 1.29 is 4.84 Å². The molecule has 1 atom stereocenters. The van der Waals surface area contributed by atoms with E-state index in [1.54, 1.807) is 0 Å². The number of benzene rings is 1. The van der Waals surface area contributed by atoms with Crippen molar-refractivity contribution in [2.45, 2.75) is 50.9 Å². The van der Waals surface area contributed by atoms with Crippen molar-refractivity contribution in [2.75, 3.05) is 0 Å². The van der Waals surface area contributed by atoms with Gasteiger partial charge in [0.1, 0.15) is 13.8 Å². The normalized spacial score (nSPS) is 18.8. The summed E-state index contributed by atoms with van der Waals surface area (Å²) in [4.78, 5) is 16.0. The third-order valence-electron chi connectivity index (χ3n) is 4.46. The maximum atomic E-state index is 10.7. The van der Waals surface area contributed by atoms with Gasteiger partial charge in [-0.1, -0.05) is 67.9 Å². The average Bonchev–Trinajstić information content (AvgIpc) is 2.46. The zero-order valence-corrected chi connectivity index (χ0v) is 12.8. The molecule has 104 valence electrons. The molecule has 19 heavy (non-hydrogen) atoms. The Balaban J connectivity index is 2.23. The lowest BCUT2D eigenvalue weighted by atomic mass is 9.90. The van der Waals surface area contributed by atoms with Crippen LogP contribution in [-0.4, -0.2) is 13.8 Å². The summed E-state index contributed by atoms with van der Waals surface area (Å²) >= 11 is 0. The maximum absolute atomic E-state index is 10.7. The summed E-state index contributed by atoms with van der Waals surface area (Å²) in [5.41, 5.74) is 0.00713. The van der Waals surface area contributed by atoms with Crippen LogP contribution in [0, 0.1) is 10.8 Å². The van der Waals surface area contributed by atoms with Crippen LogP contribution < -0.4 is 5.19 Å². The molecule has 0 aromatic heterocycles. The van der Waals surface area contributed by atoms with E-state index in [1.807, 2.05) is 6.07 Å². The fourth-order valence-electron chi connectivity index (χ4n) is 3.32. The molecule has 0 aliphatic heterocycles. The Morgan fingerprint density at radius 1 is 1.16 bits per heavy atom. The van der Waals surface area contributed by atoms with E-state index in [2.05, 4.69) is 42.7 Å². The summed E-state index contributed by atoms with van der Waals surface area (Å²) in [6, 6.07) is 10.5. The largest absolute Gasteiger partial charge is 0.364 e. The first kappa shape index (κ1) is 14.3. The molecule has 1 aliphatic carbocycles. The lowest BCUT2D eigenvalue weighted by molar-refractivity contribution is 0.0490. The van der Waals surface area contributed by atoms with Gasteiger partial charge < -0.3 is 4.84 Å². The Morgan fingerprint density at radius 2 is 1.79 bits per heavy atom. The Bertz CT molecular complexity index is 402. The van der Waals surface area contributed by atoms with E-state index in [0.717, 1.165) is 0 Å². The van der Waals surface area contributed by atoms with E-state index in [1.165, 1.54) is 37.3 Å². The topological polar surface area (TPSA) is 38.7 Å². The lowest BCUT2D eigenvalue weighted by Crippen LogP contribution is -2.56. The minimum atomic E-state index is -1.83. The van der Waals surface area contributed by atoms with Gasteiger partial charge in [-0.15, -0.1) is 4.91 Å². The van der Waals surface area contributed by atoms with Gasteiger partial charge >= 0.3 is 0 Å². The predicted octanol–water partition coefficient (Wildman–Crippen LogP) is 3.79. The van der Waals surface area contributed by atoms with Crippen LogP contribution in [0.2, 0.25) is 13.1 Å². The smallest absolute Gasteiger partial charge is 0.155 e. The molecular weight excluding hydrogens is 254 g/mol. The van der Waals surface area contributed by atoms with Gasteiger partial charge in [0.25, 0.3) is 0 Å². The SMILES string of the molecule is C[Si](C)(c1ccccc1)C(ON=O)C1CCCCC1. The molecule has 0 spiro atoms. The summed E-state index contributed by atoms with van der Waals surface area (Å²) in [7, 11) is -1.83. The Morgan fingerprint density at radius 3 is 2.37 bits per heavy atom. The second-order valence-electron chi connectivity index (χ2n) is 6.09. The van der Waals surface area contributed by atoms with Crippen molar-refractivity contribution >= 4 is 13.3 Å². The second kappa shape index (κ2) is 6.33. The Labute approximate surface area is 116 Å². The third-order valence-corrected chi connectivity index (χ3v) is 8.28. The highest BCUT2D eigenvalue weighted by Gasteiger charge is 2.41. The maximum Gasteiger partial charge on any atom is 0.155 e. The zero-order chi connectivity index (χ0) is 13.7. The van der Waals surface area contributed by atoms with Crippen molar-refractivity contribution in [3.05, 3.63) is 35.2 Å². The minimum absolute atomic E-state index is 0.00713. The van der Waals surface area contributed by atoms with Gasteiger partial charge in [-0.05, 0) is 18.8 Å². The number of nitrogens with zero attached hydrogens (tertiary/aromatic N) is 1. The quantitative estimate of drug-likeness (QED) is 0.466. The molecule has 2 rings (SSSR count). The van der Waals surface area contributed by atoms with Crippen molar-refractivity contribution in [3.63, 3.8) is 0 Å². The minimum Gasteiger partial charge on any atom is -0.364 e. The first-order valence-corrected chi connectivity index (χ1v) is 10.3. The lowest BCUT2D eigenvalue weighted by Gasteiger charge is -2.37. The summed E-state index contributed by atoms with van der Waals surface area (Å²) in [5, 5.41) is 4.13. The molecule has 0 heterocycles. The van der Waals surface area contributed by atoms with Gasteiger partial charge in [0.2, 0.25) is 0 Å². The fraction of sp³-hybridized carbons (Fsp3) is 0.600. The van der Waals surface area contributed by atoms with Crippen LogP contribution in [0.4, 0.5) is 0 Å². The molecule has 1 unspecified atom stereocenters. The van der Waals surface area contributed by atoms with E-state index < -0.39 is 8.07 Å². The number of hydrogen-bond acceptors (Lipinski definition) is 3. The average molecular weight is 277 g/mol. The van der Waals surface area contributed by atoms with Crippen LogP contribution in [0.5, 0.6) is 0 Å². The standard InChI is InChI=1S/C15H23NO2Si/c1-19(2,14-11-7-4-8-12-14)15(18-16-17)13-9-5-3-6-10-13/h4,7-8,11-13,15H,3,5-6,9-10H2,1-2H3. The molecule has 1 fully saturated rings. The highest BCUT2D eigenvalue weighted by Crippen LogP contribution is 2.32. The highest BCUT2D eigenvalue weighted by atomic mass is 28.3.